The Morgan fingerprint density at radius 2 is 2.24 bits per heavy atom. The molecule has 0 spiro atoms. The average Bonchev–Trinajstić information content (AvgIpc) is 2.89. The topological polar surface area (TPSA) is 64.4 Å². The summed E-state index contributed by atoms with van der Waals surface area (Å²) in [6.45, 7) is 6.35. The second-order valence-corrected chi connectivity index (χ2v) is 5.38. The Kier molecular flexibility index (Phi) is 7.39. The van der Waals surface area contributed by atoms with Gasteiger partial charge in [-0.1, -0.05) is 28.9 Å². The van der Waals surface area contributed by atoms with Gasteiger partial charge in [-0.3, -0.25) is 4.68 Å². The third-order valence-corrected chi connectivity index (χ3v) is 3.68. The molecular weight excluding hydrogens is 336 g/mol. The molecule has 6 heteroatoms. The third kappa shape index (κ3) is 5.13. The predicted octanol–water partition coefficient (Wildman–Crippen LogP) is 3.19. The molecule has 0 aliphatic heterocycles. The smallest absolute Gasteiger partial charge is 0.358 e. The van der Waals surface area contributed by atoms with Crippen molar-refractivity contribution in [3.05, 3.63) is 39.7 Å². The van der Waals surface area contributed by atoms with Crippen molar-refractivity contribution in [1.29, 1.82) is 0 Å². The van der Waals surface area contributed by atoms with Crippen LogP contribution >= 0.6 is 15.9 Å². The van der Waals surface area contributed by atoms with Crippen LogP contribution in [0.2, 0.25) is 0 Å². The lowest BCUT2D eigenvalue weighted by molar-refractivity contribution is 0.0518. The van der Waals surface area contributed by atoms with Crippen LogP contribution in [0.4, 0.5) is 0 Å². The lowest BCUT2D eigenvalue weighted by Gasteiger charge is -2.07. The number of allylic oxidation sites excluding steroid dienone is 4. The molecule has 0 radical (unpaired) electrons. The van der Waals surface area contributed by atoms with Crippen LogP contribution in [0.25, 0.3) is 0 Å². The Labute approximate surface area is 133 Å². The van der Waals surface area contributed by atoms with Crippen molar-refractivity contribution in [2.24, 2.45) is 0 Å². The zero-order valence-corrected chi connectivity index (χ0v) is 14.2. The first-order chi connectivity index (χ1) is 10.0. The van der Waals surface area contributed by atoms with Crippen molar-refractivity contribution >= 4 is 21.9 Å². The summed E-state index contributed by atoms with van der Waals surface area (Å²) in [7, 11) is 0. The van der Waals surface area contributed by atoms with Gasteiger partial charge in [-0.15, -0.1) is 0 Å². The highest BCUT2D eigenvalue weighted by molar-refractivity contribution is 9.11. The van der Waals surface area contributed by atoms with Gasteiger partial charge in [0.25, 0.3) is 0 Å². The van der Waals surface area contributed by atoms with Gasteiger partial charge in [0.1, 0.15) is 0 Å². The minimum absolute atomic E-state index is 0.179. The van der Waals surface area contributed by atoms with Crippen LogP contribution in [0.5, 0.6) is 0 Å². The summed E-state index contributed by atoms with van der Waals surface area (Å²) >= 11 is 3.48. The third-order valence-electron chi connectivity index (χ3n) is 2.89. The Bertz CT molecular complexity index is 547. The number of aromatic nitrogens is 2. The van der Waals surface area contributed by atoms with E-state index in [-0.39, 0.29) is 12.3 Å². The quantitative estimate of drug-likeness (QED) is 0.601. The number of esters is 1. The first kappa shape index (κ1) is 17.7. The van der Waals surface area contributed by atoms with Gasteiger partial charge in [0.2, 0.25) is 0 Å². The fourth-order valence-corrected chi connectivity index (χ4v) is 2.01. The zero-order valence-electron chi connectivity index (χ0n) is 12.6. The van der Waals surface area contributed by atoms with Gasteiger partial charge in [-0.25, -0.2) is 4.79 Å². The maximum Gasteiger partial charge on any atom is 0.358 e. The molecule has 0 fully saturated rings. The van der Waals surface area contributed by atoms with E-state index in [4.69, 9.17) is 4.74 Å². The number of hydrogen-bond donors (Lipinski definition) is 1. The van der Waals surface area contributed by atoms with Gasteiger partial charge in [0, 0.05) is 0 Å². The fourth-order valence-electron chi connectivity index (χ4n) is 1.72. The molecule has 1 N–H and O–H groups in total. The number of carbonyl (C=O) groups is 1. The number of aliphatic hydroxyl groups is 1. The molecule has 0 aliphatic carbocycles. The molecule has 116 valence electrons. The number of nitrogens with zero attached hydrogens (tertiary/aromatic N) is 2. The lowest BCUT2D eigenvalue weighted by Crippen LogP contribution is -2.09. The van der Waals surface area contributed by atoms with E-state index in [9.17, 15) is 9.90 Å². The molecular formula is C15H21BrN2O3. The van der Waals surface area contributed by atoms with Crippen LogP contribution in [-0.2, 0) is 17.9 Å². The summed E-state index contributed by atoms with van der Waals surface area (Å²) in [6, 6.07) is 1.56. The van der Waals surface area contributed by atoms with Gasteiger partial charge in [-0.05, 0) is 42.5 Å². The van der Waals surface area contributed by atoms with Gasteiger partial charge < -0.3 is 9.84 Å². The van der Waals surface area contributed by atoms with E-state index < -0.39 is 5.97 Å². The molecule has 1 aromatic rings. The summed E-state index contributed by atoms with van der Waals surface area (Å²) < 4.78 is 7.62. The Balaban J connectivity index is 2.99. The largest absolute Gasteiger partial charge is 0.461 e. The van der Waals surface area contributed by atoms with Gasteiger partial charge >= 0.3 is 5.97 Å². The van der Waals surface area contributed by atoms with Crippen molar-refractivity contribution in [3.8, 4) is 0 Å². The van der Waals surface area contributed by atoms with Crippen LogP contribution in [-0.4, -0.2) is 27.5 Å². The zero-order chi connectivity index (χ0) is 15.8. The Morgan fingerprint density at radius 3 is 2.76 bits per heavy atom. The van der Waals surface area contributed by atoms with Gasteiger partial charge in [-0.2, -0.15) is 5.10 Å². The van der Waals surface area contributed by atoms with Crippen molar-refractivity contribution < 1.29 is 14.6 Å². The minimum atomic E-state index is -0.474. The highest BCUT2D eigenvalue weighted by Crippen LogP contribution is 2.16. The molecule has 1 aromatic heterocycles. The van der Waals surface area contributed by atoms with Gasteiger partial charge in [0.15, 0.2) is 5.69 Å². The average molecular weight is 357 g/mol. The van der Waals surface area contributed by atoms with E-state index in [1.165, 1.54) is 0 Å². The number of rotatable bonds is 7. The normalized spacial score (nSPS) is 12.6. The van der Waals surface area contributed by atoms with Crippen LogP contribution in [0.15, 0.2) is 28.3 Å². The summed E-state index contributed by atoms with van der Waals surface area (Å²) in [6.07, 6.45) is 4.90. The summed E-state index contributed by atoms with van der Waals surface area (Å²) in [5.74, 6) is -0.474. The maximum absolute atomic E-state index is 11.7. The minimum Gasteiger partial charge on any atom is -0.461 e. The standard InChI is InChI=1S/C15H21BrN2O3/c1-4-11(7-12(16)5-2)9-18-13(10-19)8-14(17-18)15(20)21-6-3/h4,7-8,19H,5-6,9-10H2,1-3H3/b11-4+,12-7+. The van der Waals surface area contributed by atoms with Crippen molar-refractivity contribution in [3.63, 3.8) is 0 Å². The Hall–Kier alpha value is -1.40. The predicted molar refractivity (Wildman–Crippen MR) is 85.2 cm³/mol. The maximum atomic E-state index is 11.7. The summed E-state index contributed by atoms with van der Waals surface area (Å²) in [5, 5.41) is 13.6. The van der Waals surface area contributed by atoms with Crippen molar-refractivity contribution in [2.45, 2.75) is 40.3 Å². The van der Waals surface area contributed by atoms with E-state index >= 15 is 0 Å². The van der Waals surface area contributed by atoms with E-state index in [1.807, 2.05) is 19.1 Å². The van der Waals surface area contributed by atoms with E-state index in [2.05, 4.69) is 28.0 Å². The number of hydrogen-bond acceptors (Lipinski definition) is 4. The second-order valence-electron chi connectivity index (χ2n) is 4.37. The van der Waals surface area contributed by atoms with E-state index in [0.29, 0.717) is 18.8 Å². The molecule has 0 amide bonds. The van der Waals surface area contributed by atoms with Crippen LogP contribution in [0.1, 0.15) is 43.4 Å². The molecule has 0 saturated carbocycles. The first-order valence-electron chi connectivity index (χ1n) is 6.91. The number of carbonyl (C=O) groups excluding carboxylic acids is 1. The van der Waals surface area contributed by atoms with E-state index in [1.54, 1.807) is 17.7 Å². The van der Waals surface area contributed by atoms with Crippen LogP contribution in [0, 0.1) is 0 Å². The van der Waals surface area contributed by atoms with Crippen molar-refractivity contribution in [2.75, 3.05) is 6.61 Å². The molecule has 21 heavy (non-hydrogen) atoms. The molecule has 0 bridgehead atoms. The Morgan fingerprint density at radius 1 is 1.52 bits per heavy atom. The number of ether oxygens (including phenoxy) is 1. The molecule has 0 aromatic carbocycles. The van der Waals surface area contributed by atoms with Crippen LogP contribution in [0.3, 0.4) is 0 Å². The second kappa shape index (κ2) is 8.79. The fraction of sp³-hybridized carbons (Fsp3) is 0.467. The molecule has 1 rings (SSSR count). The highest BCUT2D eigenvalue weighted by atomic mass is 79.9. The molecule has 0 atom stereocenters. The molecule has 1 heterocycles. The van der Waals surface area contributed by atoms with Crippen molar-refractivity contribution in [1.82, 2.24) is 9.78 Å². The summed E-state index contributed by atoms with van der Waals surface area (Å²) in [5.41, 5.74) is 1.84. The van der Waals surface area contributed by atoms with Crippen LogP contribution < -0.4 is 0 Å². The highest BCUT2D eigenvalue weighted by Gasteiger charge is 2.15. The molecule has 0 saturated heterocycles. The number of aliphatic hydroxyl groups excluding tert-OH is 1. The lowest BCUT2D eigenvalue weighted by atomic mass is 10.2. The molecule has 0 unspecified atom stereocenters. The number of halogens is 1. The van der Waals surface area contributed by atoms with Gasteiger partial charge in [0.05, 0.1) is 25.5 Å². The first-order valence-corrected chi connectivity index (χ1v) is 7.70. The van der Waals surface area contributed by atoms with E-state index in [0.717, 1.165) is 16.5 Å². The molecule has 5 nitrogen and oxygen atoms in total. The molecule has 0 aliphatic rings. The SMILES string of the molecule is C/C=C(\C=C(\Br)CC)Cn1nc(C(=O)OCC)cc1CO. The summed E-state index contributed by atoms with van der Waals surface area (Å²) in [4.78, 5) is 11.7. The monoisotopic (exact) mass is 356 g/mol.